The number of nitro benzene ring substituents is 3. The number of thioether (sulfide) groups is 1. The van der Waals surface area contributed by atoms with Gasteiger partial charge in [0, 0.05) is 93.4 Å². The summed E-state index contributed by atoms with van der Waals surface area (Å²) in [7, 11) is 0. The molecule has 1 aliphatic rings. The van der Waals surface area contributed by atoms with E-state index in [1.54, 1.807) is 60.8 Å². The van der Waals surface area contributed by atoms with Crippen LogP contribution in [-0.2, 0) is 14.5 Å². The van der Waals surface area contributed by atoms with Gasteiger partial charge in [0.25, 0.3) is 23.5 Å². The Labute approximate surface area is 541 Å². The van der Waals surface area contributed by atoms with Crippen molar-refractivity contribution in [1.29, 1.82) is 10.5 Å². The van der Waals surface area contributed by atoms with Crippen LogP contribution in [0.4, 0.5) is 28.4 Å². The van der Waals surface area contributed by atoms with E-state index in [4.69, 9.17) is 37.1 Å². The Bertz CT molecular complexity index is 4050. The van der Waals surface area contributed by atoms with E-state index in [1.165, 1.54) is 72.6 Å². The van der Waals surface area contributed by atoms with Crippen molar-refractivity contribution in [3.8, 4) is 12.1 Å². The van der Waals surface area contributed by atoms with Gasteiger partial charge in [0.2, 0.25) is 5.52 Å². The Morgan fingerprint density at radius 1 is 0.662 bits per heavy atom. The number of pyridine rings is 5. The zero-order valence-corrected chi connectivity index (χ0v) is 48.9. The van der Waals surface area contributed by atoms with Gasteiger partial charge in [0.05, 0.1) is 47.9 Å². The van der Waals surface area contributed by atoms with Crippen LogP contribution in [0.5, 0.6) is 0 Å². The molecule has 0 aliphatic carbocycles. The van der Waals surface area contributed by atoms with Crippen LogP contribution < -0.4 is 124 Å². The molecule has 0 saturated heterocycles. The Kier molecular flexibility index (Phi) is 25.4. The monoisotopic (exact) mass is 1150 g/mol. The molecule has 0 fully saturated rings. The first-order valence-electron chi connectivity index (χ1n) is 22.1. The topological polar surface area (TPSA) is 407 Å². The number of nitrogen functional groups attached to an aromatic ring is 2. The number of nitrogens with zero attached hydrogens (tertiary/aromatic N) is 11. The average molecular weight is 1150 g/mol. The van der Waals surface area contributed by atoms with Crippen molar-refractivity contribution in [2.24, 2.45) is 4.99 Å². The van der Waals surface area contributed by atoms with E-state index in [0.717, 1.165) is 32.7 Å². The number of nitrogens with two attached hydrogens (primary N) is 2. The van der Waals surface area contributed by atoms with Gasteiger partial charge in [-0.15, -0.1) is 11.8 Å². The molecule has 5 N–H and O–H groups in total. The van der Waals surface area contributed by atoms with Crippen molar-refractivity contribution in [3.05, 3.63) is 217 Å². The summed E-state index contributed by atoms with van der Waals surface area (Å²) in [5.74, 6) is -0.428. The zero-order chi connectivity index (χ0) is 56.3. The molecule has 0 amide bonds. The first-order valence-corrected chi connectivity index (χ1v) is 23.1. The molecule has 80 heavy (non-hydrogen) atoms. The normalized spacial score (nSPS) is 11.5. The molecule has 0 saturated carbocycles. The molecule has 5 aromatic heterocycles. The summed E-state index contributed by atoms with van der Waals surface area (Å²) >= 11 is 1.43. The fourth-order valence-electron chi connectivity index (χ4n) is 6.87. The van der Waals surface area contributed by atoms with E-state index in [9.17, 15) is 40.3 Å². The number of anilines is 2. The number of aliphatic imine (C=N–C) groups is 1. The molecule has 0 unspecified atom stereocenters. The summed E-state index contributed by atoms with van der Waals surface area (Å²) in [5.41, 5.74) is 17.7. The average Bonchev–Trinajstić information content (AvgIpc) is 3.97. The van der Waals surface area contributed by atoms with Crippen molar-refractivity contribution < 1.29 is 149 Å². The standard InChI is InChI=1S/C13H11N3O2S.C10H5N3O2.C10H7N3.C9H6N2O3.C9H6N2O2.CH2O3.2K.H/c14-8-2-4-9-7(5-8)1-3-10(15-9)12-16-11(6-19-12)13(17)18;11-6-8-2-1-7-5-9(13(14)15)3-4-10(7)12-8;11-6-9-3-1-7-5-8(12)2-4-10(7)13-9;12-10-5-1-2-7-6-8(11(13)14)3-4-9(7)10;12-11(13)8-3-4-9-7(6-8)2-1-5-10-9;2-1-4-3;;;/h1-5,11H,6,14H2,(H,17,18);1-5H;1-5H,12H2;1-6H;1-6H;1,3H;;;/q;;;;;;2*+1;-1/p-1/t11-;;;;;;;;/m1......../s1. The number of carboxylic acid groups (broad SMARTS) is 1. The quantitative estimate of drug-likeness (QED) is 0.0311. The van der Waals surface area contributed by atoms with Crippen molar-refractivity contribution in [2.45, 2.75) is 6.04 Å². The first kappa shape index (κ1) is 64.4. The van der Waals surface area contributed by atoms with Crippen LogP contribution in [0.3, 0.4) is 0 Å². The summed E-state index contributed by atoms with van der Waals surface area (Å²) in [6.45, 7) is -0.181. The molecule has 1 atom stereocenters. The zero-order valence-electron chi connectivity index (χ0n) is 42.9. The van der Waals surface area contributed by atoms with Crippen LogP contribution in [0.1, 0.15) is 18.5 Å². The second-order valence-electron chi connectivity index (χ2n) is 15.6. The van der Waals surface area contributed by atoms with Crippen molar-refractivity contribution in [3.63, 3.8) is 0 Å². The summed E-state index contributed by atoms with van der Waals surface area (Å²) < 4.78 is 0.680. The van der Waals surface area contributed by atoms with Crippen molar-refractivity contribution in [2.75, 3.05) is 17.2 Å². The fourth-order valence-corrected chi connectivity index (χ4v) is 7.87. The number of carbonyl (C=O) groups excluding carboxylic acids is 1. The Morgan fingerprint density at radius 3 is 1.61 bits per heavy atom. The molecule has 0 radical (unpaired) electrons. The van der Waals surface area contributed by atoms with E-state index in [2.05, 4.69) is 29.8 Å². The Balaban J connectivity index is 0.000000261. The van der Waals surface area contributed by atoms with Gasteiger partial charge in [0.15, 0.2) is 12.2 Å². The molecule has 390 valence electrons. The number of nitro groups is 3. The predicted molar refractivity (Wildman–Crippen MR) is 287 cm³/mol. The van der Waals surface area contributed by atoms with Crippen molar-refractivity contribution >= 4 is 112 Å². The molecular weight excluding hydrogens is 1110 g/mol. The number of hydrogen-bond donors (Lipinski definition) is 3. The van der Waals surface area contributed by atoms with Gasteiger partial charge in [0.1, 0.15) is 28.6 Å². The number of carbonyl (C=O) groups is 2. The summed E-state index contributed by atoms with van der Waals surface area (Å²) in [6.07, 6.45) is 3.02. The van der Waals surface area contributed by atoms with Gasteiger partial charge in [-0.25, -0.2) is 19.7 Å². The minimum absolute atomic E-state index is 0. The molecule has 10 aromatic rings. The second-order valence-corrected chi connectivity index (χ2v) is 16.6. The molecular formula is C52H37K2N13O12S. The number of rotatable bonds is 6. The van der Waals surface area contributed by atoms with Gasteiger partial charge in [-0.05, 0) is 91.0 Å². The first-order chi connectivity index (χ1) is 37.5. The van der Waals surface area contributed by atoms with Crippen LogP contribution in [-0.4, -0.2) is 69.1 Å². The third kappa shape index (κ3) is 18.2. The summed E-state index contributed by atoms with van der Waals surface area (Å²) in [5, 5.41) is 81.8. The summed E-state index contributed by atoms with van der Waals surface area (Å²) in [4.78, 5) is 73.0. The van der Waals surface area contributed by atoms with E-state index in [1.807, 2.05) is 54.6 Å². The van der Waals surface area contributed by atoms with Crippen LogP contribution in [0.25, 0.3) is 54.5 Å². The van der Waals surface area contributed by atoms with Gasteiger partial charge in [-0.1, -0.05) is 12.1 Å². The van der Waals surface area contributed by atoms with E-state index in [-0.39, 0.29) is 128 Å². The molecule has 1 aliphatic heterocycles. The number of hydrogen-bond acceptors (Lipinski definition) is 21. The van der Waals surface area contributed by atoms with Crippen molar-refractivity contribution in [1.82, 2.24) is 19.9 Å². The minimum atomic E-state index is -0.893. The summed E-state index contributed by atoms with van der Waals surface area (Å²) in [6, 6.07) is 44.5. The number of non-ortho nitro benzene ring substituents is 3. The van der Waals surface area contributed by atoms with E-state index >= 15 is 0 Å². The maximum Gasteiger partial charge on any atom is 1.00 e. The van der Waals surface area contributed by atoms with Crippen LogP contribution >= 0.6 is 11.8 Å². The van der Waals surface area contributed by atoms with Gasteiger partial charge in [-0.3, -0.25) is 45.1 Å². The molecule has 28 heteroatoms. The third-order valence-electron chi connectivity index (χ3n) is 10.5. The van der Waals surface area contributed by atoms with Gasteiger partial charge < -0.3 is 33.4 Å². The van der Waals surface area contributed by atoms with Crippen LogP contribution in [0, 0.1) is 58.2 Å². The largest absolute Gasteiger partial charge is 1.00 e. The SMILES string of the molecule is N#Cc1ccc2cc(N)ccc2n1.N#Cc1ccc2cc([N+](=O)[O-])ccc2n1.Nc1ccc2nc(C3=N[C@@H](C(=O)O)CS3)ccc2c1.O=CO[O-].O=[N+]([O-])c1ccc2c(ccc[n+]2[O-])c1.O=[N+]([O-])c1ccc2ncccc2c1.[H-].[K+].[K+]. The molecule has 11 rings (SSSR count). The Hall–Kier alpha value is -8.08. The van der Waals surface area contributed by atoms with Gasteiger partial charge in [-0.2, -0.15) is 15.3 Å². The molecule has 0 spiro atoms. The number of benzene rings is 5. The molecule has 25 nitrogen and oxygen atoms in total. The maximum absolute atomic E-state index is 11.2. The Morgan fingerprint density at radius 2 is 1.11 bits per heavy atom. The molecule has 0 bridgehead atoms. The van der Waals surface area contributed by atoms with E-state index < -0.39 is 26.8 Å². The number of carboxylic acids is 1. The number of fused-ring (bicyclic) bond motifs is 5. The third-order valence-corrected chi connectivity index (χ3v) is 11.6. The van der Waals surface area contributed by atoms with Crippen LogP contribution in [0.15, 0.2) is 169 Å². The molecule has 5 aromatic carbocycles. The second kappa shape index (κ2) is 31.5. The predicted octanol–water partition coefficient (Wildman–Crippen LogP) is 1.55. The van der Waals surface area contributed by atoms with Gasteiger partial charge >= 0.3 is 109 Å². The molecule has 6 heterocycles. The number of aliphatic carboxylic acids is 1. The fraction of sp³-hybridized carbons (Fsp3) is 0.0385. The smallest absolute Gasteiger partial charge is 1.00 e. The maximum atomic E-state index is 11.2. The number of nitriles is 2. The minimum Gasteiger partial charge on any atom is -1.00 e. The van der Waals surface area contributed by atoms with Crippen LogP contribution in [0.2, 0.25) is 0 Å². The number of aromatic nitrogens is 5. The van der Waals surface area contributed by atoms with E-state index in [0.29, 0.717) is 65.8 Å².